The molecule has 0 saturated heterocycles. The zero-order valence-electron chi connectivity index (χ0n) is 15.4. The van der Waals surface area contributed by atoms with Gasteiger partial charge >= 0.3 is 0 Å². The highest BCUT2D eigenvalue weighted by Crippen LogP contribution is 2.20. The summed E-state index contributed by atoms with van der Waals surface area (Å²) in [6.07, 6.45) is 4.32. The molecule has 0 unspecified atom stereocenters. The highest BCUT2D eigenvalue weighted by Gasteiger charge is 2.22. The van der Waals surface area contributed by atoms with Crippen LogP contribution in [0.4, 0.5) is 0 Å². The molecule has 1 aliphatic rings. The second-order valence-electron chi connectivity index (χ2n) is 6.61. The van der Waals surface area contributed by atoms with Crippen LogP contribution in [0.3, 0.4) is 0 Å². The summed E-state index contributed by atoms with van der Waals surface area (Å²) in [5, 5.41) is 15.1. The van der Waals surface area contributed by atoms with E-state index in [0.717, 1.165) is 26.9 Å². The van der Waals surface area contributed by atoms with Crippen molar-refractivity contribution >= 4 is 27.5 Å². The first kappa shape index (κ1) is 19.0. The van der Waals surface area contributed by atoms with E-state index in [4.69, 9.17) is 5.26 Å². The molecular weight excluding hydrogens is 430 g/mol. The molecule has 2 heterocycles. The summed E-state index contributed by atoms with van der Waals surface area (Å²) in [7, 11) is 0. The van der Waals surface area contributed by atoms with E-state index in [-0.39, 0.29) is 12.3 Å². The average molecular weight is 446 g/mol. The van der Waals surface area contributed by atoms with Crippen molar-refractivity contribution in [2.24, 2.45) is 5.10 Å². The number of nitrogens with zero attached hydrogens (tertiary/aromatic N) is 5. The molecule has 2 aromatic carbocycles. The van der Waals surface area contributed by atoms with Gasteiger partial charge in [-0.3, -0.25) is 4.79 Å². The van der Waals surface area contributed by atoms with Crippen molar-refractivity contribution in [3.05, 3.63) is 82.1 Å². The van der Waals surface area contributed by atoms with Crippen molar-refractivity contribution in [1.29, 1.82) is 5.26 Å². The fraction of sp³-hybridized carbons (Fsp3) is 0.136. The van der Waals surface area contributed by atoms with Crippen LogP contribution < -0.4 is 0 Å². The molecule has 0 fully saturated rings. The van der Waals surface area contributed by atoms with Crippen LogP contribution in [-0.2, 0) is 11.2 Å². The lowest BCUT2D eigenvalue weighted by atomic mass is 10.1. The molecule has 0 atom stereocenters. The van der Waals surface area contributed by atoms with Crippen molar-refractivity contribution < 1.29 is 4.79 Å². The number of aromatic nitrogens is 2. The van der Waals surface area contributed by atoms with E-state index in [9.17, 15) is 4.79 Å². The number of hydrazone groups is 1. The Hall–Kier alpha value is -3.37. The lowest BCUT2D eigenvalue weighted by molar-refractivity contribution is -0.130. The molecule has 0 bridgehead atoms. The van der Waals surface area contributed by atoms with Crippen LogP contribution >= 0.6 is 15.9 Å². The van der Waals surface area contributed by atoms with Crippen LogP contribution in [0.1, 0.15) is 23.1 Å². The number of benzene rings is 2. The molecule has 1 aromatic heterocycles. The van der Waals surface area contributed by atoms with Gasteiger partial charge in [0.15, 0.2) is 5.82 Å². The predicted molar refractivity (Wildman–Crippen MR) is 113 cm³/mol. The molecule has 142 valence electrons. The van der Waals surface area contributed by atoms with Gasteiger partial charge in [0, 0.05) is 24.4 Å². The van der Waals surface area contributed by atoms with E-state index in [0.29, 0.717) is 24.4 Å². The summed E-state index contributed by atoms with van der Waals surface area (Å²) in [4.78, 5) is 21.3. The molecule has 4 rings (SSSR count). The molecule has 0 N–H and O–H groups in total. The van der Waals surface area contributed by atoms with E-state index in [1.54, 1.807) is 24.5 Å². The van der Waals surface area contributed by atoms with Crippen molar-refractivity contribution in [3.63, 3.8) is 0 Å². The first-order chi connectivity index (χ1) is 14.1. The monoisotopic (exact) mass is 445 g/mol. The third-order valence-corrected chi connectivity index (χ3v) is 4.98. The Morgan fingerprint density at radius 2 is 1.86 bits per heavy atom. The standard InChI is InChI=1S/C22H16BrN5O/c23-19-13-25-22(26-14-19)18-6-1-3-15(9-18)11-21(29)28-8-7-20(27-28)17-5-2-4-16(10-17)12-24/h1-6,9-10,13-14H,7-8,11H2. The Morgan fingerprint density at radius 1 is 1.10 bits per heavy atom. The van der Waals surface area contributed by atoms with Gasteiger partial charge in [-0.05, 0) is 45.3 Å². The highest BCUT2D eigenvalue weighted by molar-refractivity contribution is 9.10. The Kier molecular flexibility index (Phi) is 5.45. The van der Waals surface area contributed by atoms with Crippen molar-refractivity contribution in [1.82, 2.24) is 15.0 Å². The molecule has 0 saturated carbocycles. The van der Waals surface area contributed by atoms with Crippen LogP contribution in [-0.4, -0.2) is 33.1 Å². The second kappa shape index (κ2) is 8.33. The summed E-state index contributed by atoms with van der Waals surface area (Å²) in [5.41, 5.74) is 4.04. The lowest BCUT2D eigenvalue weighted by Gasteiger charge is -2.12. The van der Waals surface area contributed by atoms with E-state index >= 15 is 0 Å². The molecule has 7 heteroatoms. The summed E-state index contributed by atoms with van der Waals surface area (Å²) >= 11 is 3.33. The van der Waals surface area contributed by atoms with Gasteiger partial charge in [-0.25, -0.2) is 15.0 Å². The van der Waals surface area contributed by atoms with Crippen molar-refractivity contribution in [2.75, 3.05) is 6.54 Å². The number of halogens is 1. The SMILES string of the molecule is N#Cc1cccc(C2=NN(C(=O)Cc3cccc(-c4ncc(Br)cn4)c3)CC2)c1. The van der Waals surface area contributed by atoms with E-state index in [2.05, 4.69) is 37.1 Å². The van der Waals surface area contributed by atoms with Crippen LogP contribution in [0.15, 0.2) is 70.5 Å². The van der Waals surface area contributed by atoms with Gasteiger partial charge in [-0.2, -0.15) is 10.4 Å². The van der Waals surface area contributed by atoms with Crippen molar-refractivity contribution in [2.45, 2.75) is 12.8 Å². The zero-order valence-corrected chi connectivity index (χ0v) is 17.0. The maximum absolute atomic E-state index is 12.7. The van der Waals surface area contributed by atoms with Crippen LogP contribution in [0, 0.1) is 11.3 Å². The summed E-state index contributed by atoms with van der Waals surface area (Å²) < 4.78 is 0.815. The molecule has 1 amide bonds. The number of amides is 1. The third-order valence-electron chi connectivity index (χ3n) is 4.58. The van der Waals surface area contributed by atoms with Gasteiger partial charge in [-0.1, -0.05) is 30.3 Å². The largest absolute Gasteiger partial charge is 0.273 e. The van der Waals surface area contributed by atoms with E-state index in [1.165, 1.54) is 5.01 Å². The maximum Gasteiger partial charge on any atom is 0.247 e. The Bertz CT molecular complexity index is 1130. The number of carbonyl (C=O) groups is 1. The number of nitriles is 1. The first-order valence-corrected chi connectivity index (χ1v) is 9.87. The van der Waals surface area contributed by atoms with Gasteiger partial charge in [0.1, 0.15) is 0 Å². The van der Waals surface area contributed by atoms with Crippen LogP contribution in [0.2, 0.25) is 0 Å². The fourth-order valence-electron chi connectivity index (χ4n) is 3.16. The summed E-state index contributed by atoms with van der Waals surface area (Å²) in [6, 6.07) is 17.1. The summed E-state index contributed by atoms with van der Waals surface area (Å²) in [6.45, 7) is 0.542. The fourth-order valence-corrected chi connectivity index (χ4v) is 3.36. The normalized spacial score (nSPS) is 13.1. The molecule has 29 heavy (non-hydrogen) atoms. The number of hydrogen-bond donors (Lipinski definition) is 0. The first-order valence-electron chi connectivity index (χ1n) is 9.07. The molecule has 0 spiro atoms. The van der Waals surface area contributed by atoms with Gasteiger partial charge in [0.25, 0.3) is 0 Å². The van der Waals surface area contributed by atoms with Gasteiger partial charge in [0.05, 0.1) is 34.8 Å². The minimum Gasteiger partial charge on any atom is -0.273 e. The summed E-state index contributed by atoms with van der Waals surface area (Å²) in [5.74, 6) is 0.548. The average Bonchev–Trinajstić information content (AvgIpc) is 3.25. The van der Waals surface area contributed by atoms with Gasteiger partial charge in [-0.15, -0.1) is 0 Å². The number of rotatable bonds is 4. The highest BCUT2D eigenvalue weighted by atomic mass is 79.9. The quantitative estimate of drug-likeness (QED) is 0.608. The number of carbonyl (C=O) groups excluding carboxylic acids is 1. The lowest BCUT2D eigenvalue weighted by Crippen LogP contribution is -2.25. The van der Waals surface area contributed by atoms with Crippen LogP contribution in [0.25, 0.3) is 11.4 Å². The maximum atomic E-state index is 12.7. The zero-order chi connectivity index (χ0) is 20.2. The minimum absolute atomic E-state index is 0.0645. The molecule has 0 aliphatic carbocycles. The van der Waals surface area contributed by atoms with E-state index in [1.807, 2.05) is 36.4 Å². The predicted octanol–water partition coefficient (Wildman–Crippen LogP) is 3.96. The van der Waals surface area contributed by atoms with Crippen LogP contribution in [0.5, 0.6) is 0 Å². The van der Waals surface area contributed by atoms with Crippen molar-refractivity contribution in [3.8, 4) is 17.5 Å². The van der Waals surface area contributed by atoms with Gasteiger partial charge in [0.2, 0.25) is 5.91 Å². The molecule has 3 aromatic rings. The molecule has 6 nitrogen and oxygen atoms in total. The molecule has 1 aliphatic heterocycles. The minimum atomic E-state index is -0.0645. The molecular formula is C22H16BrN5O. The topological polar surface area (TPSA) is 82.2 Å². The van der Waals surface area contributed by atoms with Gasteiger partial charge < -0.3 is 0 Å². The Morgan fingerprint density at radius 3 is 2.66 bits per heavy atom. The smallest absolute Gasteiger partial charge is 0.247 e. The Balaban J connectivity index is 1.48. The van der Waals surface area contributed by atoms with E-state index < -0.39 is 0 Å². The second-order valence-corrected chi connectivity index (χ2v) is 7.52. The molecule has 0 radical (unpaired) electrons. The number of hydrogen-bond acceptors (Lipinski definition) is 5. The Labute approximate surface area is 176 Å². The third kappa shape index (κ3) is 4.39.